The van der Waals surface area contributed by atoms with E-state index in [0.717, 1.165) is 108 Å². The Kier molecular flexibility index (Phi) is 11.0. The van der Waals surface area contributed by atoms with Crippen molar-refractivity contribution in [3.8, 4) is 5.75 Å². The van der Waals surface area contributed by atoms with Crippen LogP contribution in [0.15, 0.2) is 36.4 Å². The molecule has 0 radical (unpaired) electrons. The number of benzene rings is 2. The van der Waals surface area contributed by atoms with Crippen LogP contribution in [-0.2, 0) is 26.6 Å². The average molecular weight is 783 g/mol. The fourth-order valence-corrected chi connectivity index (χ4v) is 12.2. The lowest BCUT2D eigenvalue weighted by atomic mass is 9.62. The summed E-state index contributed by atoms with van der Waals surface area (Å²) in [5.41, 5.74) is 2.47. The number of nitrogens with zero attached hydrogens (tertiary/aromatic N) is 3. The molecule has 2 bridgehead atoms. The number of halogens is 1. The molecule has 1 saturated carbocycles. The molecule has 2 saturated heterocycles. The first-order chi connectivity index (χ1) is 25.9. The van der Waals surface area contributed by atoms with Crippen molar-refractivity contribution in [3.05, 3.63) is 58.1 Å². The van der Waals surface area contributed by atoms with E-state index in [1.54, 1.807) is 13.0 Å². The number of aliphatic hydroxyl groups is 1. The first-order valence-electron chi connectivity index (χ1n) is 20.6. The van der Waals surface area contributed by atoms with E-state index in [4.69, 9.17) is 21.1 Å². The smallest absolute Gasteiger partial charge is 0.264 e. The third kappa shape index (κ3) is 7.67. The van der Waals surface area contributed by atoms with Crippen LogP contribution in [0.4, 0.5) is 5.69 Å². The summed E-state index contributed by atoms with van der Waals surface area (Å²) in [5, 5.41) is 12.9. The van der Waals surface area contributed by atoms with E-state index < -0.39 is 26.8 Å². The minimum atomic E-state index is -3.95. The van der Waals surface area contributed by atoms with Gasteiger partial charge in [0.2, 0.25) is 10.0 Å². The fourth-order valence-electron chi connectivity index (χ4n) is 10.7. The first-order valence-corrected chi connectivity index (χ1v) is 22.5. The van der Waals surface area contributed by atoms with Crippen LogP contribution in [0.25, 0.3) is 0 Å². The maximum atomic E-state index is 13.6. The zero-order valence-electron chi connectivity index (χ0n) is 32.1. The van der Waals surface area contributed by atoms with Crippen LogP contribution < -0.4 is 14.4 Å². The minimum absolute atomic E-state index is 0.117. The summed E-state index contributed by atoms with van der Waals surface area (Å²) < 4.78 is 41.9. The van der Waals surface area contributed by atoms with Crippen LogP contribution in [0.2, 0.25) is 5.02 Å². The van der Waals surface area contributed by atoms with Crippen molar-refractivity contribution in [1.29, 1.82) is 0 Å². The lowest BCUT2D eigenvalue weighted by Gasteiger charge is -2.52. The zero-order valence-corrected chi connectivity index (χ0v) is 33.7. The van der Waals surface area contributed by atoms with Crippen molar-refractivity contribution in [2.24, 2.45) is 17.8 Å². The van der Waals surface area contributed by atoms with Gasteiger partial charge in [0.05, 0.1) is 36.4 Å². The summed E-state index contributed by atoms with van der Waals surface area (Å²) in [6, 6.07) is 12.2. The Balaban J connectivity index is 1.12. The first kappa shape index (κ1) is 38.5. The highest BCUT2D eigenvalue weighted by Crippen LogP contribution is 2.49. The van der Waals surface area contributed by atoms with E-state index in [9.17, 15) is 18.3 Å². The molecule has 2 N–H and O–H groups in total. The molecule has 12 heteroatoms. The predicted octanol–water partition coefficient (Wildman–Crippen LogP) is 5.64. The number of β-amino-alcohol motifs (C(OH)–C–C–N with tert-alkyl or cyclic N) is 1. The van der Waals surface area contributed by atoms with Crippen LogP contribution in [0.3, 0.4) is 0 Å². The maximum Gasteiger partial charge on any atom is 0.264 e. The number of aryl methyl sites for hydroxylation is 1. The highest BCUT2D eigenvalue weighted by atomic mass is 35.5. The Labute approximate surface area is 326 Å². The number of fused-ring (bicyclic) bond motifs is 4. The lowest BCUT2D eigenvalue weighted by Crippen LogP contribution is -2.58. The van der Waals surface area contributed by atoms with Gasteiger partial charge in [0.1, 0.15) is 5.75 Å². The highest BCUT2D eigenvalue weighted by molar-refractivity contribution is 7.90. The van der Waals surface area contributed by atoms with E-state index in [1.807, 2.05) is 25.1 Å². The number of ether oxygens (including phenoxy) is 2. The molecule has 54 heavy (non-hydrogen) atoms. The molecule has 6 atom stereocenters. The van der Waals surface area contributed by atoms with Gasteiger partial charge in [-0.3, -0.25) is 9.69 Å². The van der Waals surface area contributed by atoms with E-state index >= 15 is 0 Å². The van der Waals surface area contributed by atoms with Gasteiger partial charge in [-0.25, -0.2) is 13.1 Å². The van der Waals surface area contributed by atoms with Crippen LogP contribution in [0.5, 0.6) is 5.75 Å². The molecule has 3 fully saturated rings. The van der Waals surface area contributed by atoms with Crippen molar-refractivity contribution in [2.45, 2.75) is 100 Å². The molecule has 10 nitrogen and oxygen atoms in total. The van der Waals surface area contributed by atoms with Gasteiger partial charge in [-0.2, -0.15) is 0 Å². The number of anilines is 1. The second-order valence-corrected chi connectivity index (χ2v) is 20.0. The van der Waals surface area contributed by atoms with Gasteiger partial charge in [-0.1, -0.05) is 31.0 Å². The minimum Gasteiger partial charge on any atom is -0.490 e. The van der Waals surface area contributed by atoms with Gasteiger partial charge >= 0.3 is 0 Å². The molecular weight excluding hydrogens is 724 g/mol. The second kappa shape index (κ2) is 15.5. The Morgan fingerprint density at radius 3 is 2.52 bits per heavy atom. The van der Waals surface area contributed by atoms with Crippen molar-refractivity contribution >= 4 is 33.2 Å². The molecule has 4 heterocycles. The largest absolute Gasteiger partial charge is 0.490 e. The predicted molar refractivity (Wildman–Crippen MR) is 212 cm³/mol. The Bertz CT molecular complexity index is 1800. The molecule has 1 amide bonds. The van der Waals surface area contributed by atoms with Crippen LogP contribution in [0.1, 0.15) is 93.1 Å². The Morgan fingerprint density at radius 1 is 0.963 bits per heavy atom. The van der Waals surface area contributed by atoms with Crippen LogP contribution in [0, 0.1) is 17.8 Å². The summed E-state index contributed by atoms with van der Waals surface area (Å²) in [5.74, 6) is 0.276. The van der Waals surface area contributed by atoms with Crippen LogP contribution >= 0.6 is 11.6 Å². The third-order valence-electron chi connectivity index (χ3n) is 14.3. The van der Waals surface area contributed by atoms with Gasteiger partial charge in [-0.15, -0.1) is 0 Å². The SMILES string of the molecule is C[C@@H]1[C@@H](C)CCC[C@@](O)(CN2CCC(N3CCOCC3)CC2)[C@@H]2CC[C@H]2CN2C[C@@]3(CCCc4cc(Cl)ccc43)COc3ccc(cc32)C(=O)NS1(=O)=O. The number of nitrogens with one attached hydrogen (secondary N) is 1. The topological polar surface area (TPSA) is 112 Å². The number of carbonyl (C=O) groups excluding carboxylic acids is 1. The average Bonchev–Trinajstić information content (AvgIpc) is 3.29. The number of piperidine rings is 1. The molecule has 296 valence electrons. The van der Waals surface area contributed by atoms with Gasteiger partial charge < -0.3 is 24.4 Å². The van der Waals surface area contributed by atoms with E-state index in [0.29, 0.717) is 49.9 Å². The number of sulfonamides is 1. The molecule has 0 aromatic heterocycles. The summed E-state index contributed by atoms with van der Waals surface area (Å²) in [6.07, 6.45) is 9.18. The Hall–Kier alpha value is -2.41. The van der Waals surface area contributed by atoms with Crippen molar-refractivity contribution in [1.82, 2.24) is 14.5 Å². The highest BCUT2D eigenvalue weighted by Gasteiger charge is 2.50. The number of amides is 1. The molecule has 2 aromatic rings. The number of carbonyl (C=O) groups is 1. The fraction of sp³-hybridized carbons (Fsp3) is 0.690. The van der Waals surface area contributed by atoms with Gasteiger partial charge in [-0.05, 0) is 137 Å². The maximum absolute atomic E-state index is 13.6. The molecule has 0 unspecified atom stereocenters. The molecule has 2 aromatic carbocycles. The zero-order chi connectivity index (χ0) is 37.7. The van der Waals surface area contributed by atoms with Gasteiger partial charge in [0.25, 0.3) is 5.91 Å². The van der Waals surface area contributed by atoms with E-state index in [2.05, 4.69) is 31.6 Å². The van der Waals surface area contributed by atoms with Crippen LogP contribution in [-0.4, -0.2) is 112 Å². The number of hydrogen-bond acceptors (Lipinski definition) is 9. The molecule has 4 aliphatic heterocycles. The summed E-state index contributed by atoms with van der Waals surface area (Å²) in [7, 11) is -3.95. The summed E-state index contributed by atoms with van der Waals surface area (Å²) >= 11 is 6.50. The number of likely N-dealkylation sites (tertiary alicyclic amines) is 1. The van der Waals surface area contributed by atoms with Crippen molar-refractivity contribution in [3.63, 3.8) is 0 Å². The standard InChI is InChI=1S/C42H59ClN4O6S/c1-29-5-3-16-42(49,27-45-17-13-35(14-18-45)46-19-21-52-22-20-46)37-10-7-33(37)25-47-26-41(15-4-6-31-23-34(43)9-11-36(31)41)28-53-39-12-8-32(24-38(39)47)40(48)44-54(50,51)30(29)2/h8-9,11-12,23-24,29-30,33,35,37,49H,3-7,10,13-22,25-28H2,1-2H3,(H,44,48)/t29-,30+,33-,37+,41-,42+/m0/s1. The van der Waals surface area contributed by atoms with E-state index in [-0.39, 0.29) is 23.2 Å². The number of hydrogen-bond donors (Lipinski definition) is 2. The van der Waals surface area contributed by atoms with Crippen molar-refractivity contribution in [2.75, 3.05) is 70.5 Å². The number of morpholine rings is 1. The quantitative estimate of drug-likeness (QED) is 0.409. The Morgan fingerprint density at radius 2 is 1.76 bits per heavy atom. The molecule has 6 aliphatic rings. The summed E-state index contributed by atoms with van der Waals surface area (Å²) in [4.78, 5) is 21.1. The normalized spacial score (nSPS) is 34.1. The lowest BCUT2D eigenvalue weighted by molar-refractivity contribution is -0.110. The van der Waals surface area contributed by atoms with Gasteiger partial charge in [0, 0.05) is 54.8 Å². The molecular formula is C42H59ClN4O6S. The summed E-state index contributed by atoms with van der Waals surface area (Å²) in [6.45, 7) is 11.8. The van der Waals surface area contributed by atoms with Crippen molar-refractivity contribution < 1.29 is 27.8 Å². The molecule has 1 spiro atoms. The number of rotatable bonds is 3. The molecule has 8 rings (SSSR count). The van der Waals surface area contributed by atoms with E-state index in [1.165, 1.54) is 11.1 Å². The monoisotopic (exact) mass is 782 g/mol. The third-order valence-corrected chi connectivity index (χ3v) is 16.4. The second-order valence-electron chi connectivity index (χ2n) is 17.5. The molecule has 2 aliphatic carbocycles. The van der Waals surface area contributed by atoms with Gasteiger partial charge in [0.15, 0.2) is 0 Å².